The molecule has 0 saturated carbocycles. The Morgan fingerprint density at radius 3 is 2.90 bits per heavy atom. The van der Waals surface area contributed by atoms with Crippen LogP contribution in [0.5, 0.6) is 0 Å². The summed E-state index contributed by atoms with van der Waals surface area (Å²) in [6.45, 7) is 0.780. The number of ether oxygens (including phenoxy) is 1. The molecule has 1 aliphatic rings. The van der Waals surface area contributed by atoms with Crippen molar-refractivity contribution in [1.29, 1.82) is 0 Å². The number of hydrogen-bond acceptors (Lipinski definition) is 4. The van der Waals surface area contributed by atoms with Gasteiger partial charge >= 0.3 is 5.97 Å². The molecule has 0 radical (unpaired) electrons. The van der Waals surface area contributed by atoms with Gasteiger partial charge in [-0.05, 0) is 0 Å². The smallest absolute Gasteiger partial charge is 0.309 e. The zero-order valence-corrected chi connectivity index (χ0v) is 5.67. The van der Waals surface area contributed by atoms with Gasteiger partial charge in [-0.3, -0.25) is 10.1 Å². The highest BCUT2D eigenvalue weighted by atomic mass is 16.6. The minimum atomic E-state index is -0.334. The van der Waals surface area contributed by atoms with Crippen molar-refractivity contribution in [2.75, 3.05) is 13.2 Å². The van der Waals surface area contributed by atoms with E-state index in [9.17, 15) is 4.79 Å². The number of rotatable bonds is 3. The van der Waals surface area contributed by atoms with E-state index in [0.29, 0.717) is 0 Å². The van der Waals surface area contributed by atoms with Crippen LogP contribution in [0, 0.1) is 0 Å². The third-order valence-electron chi connectivity index (χ3n) is 1.37. The summed E-state index contributed by atoms with van der Waals surface area (Å²) in [7, 11) is 0. The lowest BCUT2D eigenvalue weighted by Crippen LogP contribution is -2.45. The van der Waals surface area contributed by atoms with Crippen LogP contribution in [-0.4, -0.2) is 30.5 Å². The van der Waals surface area contributed by atoms with E-state index in [4.69, 9.17) is 9.84 Å². The van der Waals surface area contributed by atoms with E-state index in [0.717, 1.165) is 13.0 Å². The topological polar surface area (TPSA) is 58.6 Å². The first-order chi connectivity index (χ1) is 4.83. The van der Waals surface area contributed by atoms with Crippen LogP contribution in [0.1, 0.15) is 12.8 Å². The summed E-state index contributed by atoms with van der Waals surface area (Å²) in [5.41, 5.74) is 0. The summed E-state index contributed by atoms with van der Waals surface area (Å²) in [5, 5.41) is 11.2. The van der Waals surface area contributed by atoms with Crippen molar-refractivity contribution in [3.05, 3.63) is 0 Å². The molecule has 4 nitrogen and oxygen atoms in total. The van der Waals surface area contributed by atoms with Gasteiger partial charge in [0.1, 0.15) is 0 Å². The lowest BCUT2D eigenvalue weighted by molar-refractivity contribution is -0.155. The van der Waals surface area contributed by atoms with Crippen LogP contribution in [-0.2, 0) is 9.53 Å². The molecular formula is C6H11NO3. The fourth-order valence-corrected chi connectivity index (χ4v) is 0.672. The normalized spacial score (nSPS) is 23.5. The quantitative estimate of drug-likeness (QED) is 0.512. The first kappa shape index (κ1) is 7.50. The summed E-state index contributed by atoms with van der Waals surface area (Å²) in [6, 6.07) is 0. The van der Waals surface area contributed by atoms with Crippen molar-refractivity contribution < 1.29 is 14.6 Å². The Bertz CT molecular complexity index is 122. The zero-order valence-electron chi connectivity index (χ0n) is 5.67. The molecule has 58 valence electrons. The molecule has 1 unspecified atom stereocenters. The van der Waals surface area contributed by atoms with Crippen molar-refractivity contribution in [1.82, 2.24) is 5.32 Å². The fourth-order valence-electron chi connectivity index (χ4n) is 0.672. The number of nitrogens with one attached hydrogen (secondary N) is 1. The second-order valence-corrected chi connectivity index (χ2v) is 2.19. The Morgan fingerprint density at radius 1 is 1.80 bits per heavy atom. The first-order valence-corrected chi connectivity index (χ1v) is 3.36. The van der Waals surface area contributed by atoms with Crippen LogP contribution in [0.4, 0.5) is 0 Å². The molecule has 1 fully saturated rings. The Morgan fingerprint density at radius 2 is 2.50 bits per heavy atom. The number of hydrogen-bond donors (Lipinski definition) is 2. The second kappa shape index (κ2) is 3.53. The summed E-state index contributed by atoms with van der Waals surface area (Å²) >= 11 is 0. The van der Waals surface area contributed by atoms with Gasteiger partial charge in [0.25, 0.3) is 0 Å². The van der Waals surface area contributed by atoms with Crippen LogP contribution in [0.2, 0.25) is 0 Å². The van der Waals surface area contributed by atoms with Gasteiger partial charge in [-0.15, -0.1) is 0 Å². The Hall–Kier alpha value is -0.610. The lowest BCUT2D eigenvalue weighted by atomic mass is 10.2. The van der Waals surface area contributed by atoms with Crippen LogP contribution >= 0.6 is 0 Å². The summed E-state index contributed by atoms with van der Waals surface area (Å²) in [5.74, 6) is -0.334. The Labute approximate surface area is 59.2 Å². The molecule has 1 heterocycles. The number of esters is 1. The molecule has 0 aromatic carbocycles. The highest BCUT2D eigenvalue weighted by Crippen LogP contribution is 2.04. The average molecular weight is 145 g/mol. The molecule has 0 aromatic rings. The molecule has 0 bridgehead atoms. The van der Waals surface area contributed by atoms with E-state index >= 15 is 0 Å². The number of aliphatic hydroxyl groups is 1. The molecule has 10 heavy (non-hydrogen) atoms. The molecule has 0 amide bonds. The van der Waals surface area contributed by atoms with Gasteiger partial charge in [0, 0.05) is 13.0 Å². The van der Waals surface area contributed by atoms with Gasteiger partial charge in [-0.25, -0.2) is 0 Å². The van der Waals surface area contributed by atoms with Crippen molar-refractivity contribution in [3.63, 3.8) is 0 Å². The molecule has 0 aromatic heterocycles. The molecule has 1 saturated heterocycles. The van der Waals surface area contributed by atoms with Gasteiger partial charge in [-0.2, -0.15) is 0 Å². The minimum Gasteiger partial charge on any atom is -0.446 e. The van der Waals surface area contributed by atoms with E-state index in [-0.39, 0.29) is 25.2 Å². The van der Waals surface area contributed by atoms with Crippen LogP contribution in [0.3, 0.4) is 0 Å². The summed E-state index contributed by atoms with van der Waals surface area (Å²) in [6.07, 6.45) is 0.883. The molecule has 2 N–H and O–H groups in total. The standard InChI is InChI=1S/C6H11NO3/c8-4-2-6(9)10-5-1-3-7-5/h5,7-8H,1-4H2. The highest BCUT2D eigenvalue weighted by Gasteiger charge is 2.19. The minimum absolute atomic E-state index is 0.0954. The molecule has 1 aliphatic heterocycles. The van der Waals surface area contributed by atoms with Crippen molar-refractivity contribution in [2.45, 2.75) is 19.1 Å². The number of carbonyl (C=O) groups is 1. The highest BCUT2D eigenvalue weighted by molar-refractivity contribution is 5.69. The van der Waals surface area contributed by atoms with E-state index < -0.39 is 0 Å². The largest absolute Gasteiger partial charge is 0.446 e. The van der Waals surface area contributed by atoms with Gasteiger partial charge in [-0.1, -0.05) is 0 Å². The van der Waals surface area contributed by atoms with E-state index in [1.807, 2.05) is 0 Å². The van der Waals surface area contributed by atoms with Crippen LogP contribution in [0.25, 0.3) is 0 Å². The third-order valence-corrected chi connectivity index (χ3v) is 1.37. The predicted molar refractivity (Wildman–Crippen MR) is 34.2 cm³/mol. The fraction of sp³-hybridized carbons (Fsp3) is 0.833. The van der Waals surface area contributed by atoms with Crippen molar-refractivity contribution in [2.24, 2.45) is 0 Å². The van der Waals surface area contributed by atoms with Crippen molar-refractivity contribution in [3.8, 4) is 0 Å². The maximum absolute atomic E-state index is 10.6. The van der Waals surface area contributed by atoms with Gasteiger partial charge in [0.15, 0.2) is 6.23 Å². The summed E-state index contributed by atoms with van der Waals surface area (Å²) in [4.78, 5) is 10.6. The molecule has 0 aliphatic carbocycles. The van der Waals surface area contributed by atoms with Crippen LogP contribution in [0.15, 0.2) is 0 Å². The summed E-state index contributed by atoms with van der Waals surface area (Å²) < 4.78 is 4.82. The second-order valence-electron chi connectivity index (χ2n) is 2.19. The predicted octanol–water partition coefficient (Wildman–Crippen LogP) is -0.769. The Balaban J connectivity index is 2.05. The first-order valence-electron chi connectivity index (χ1n) is 3.36. The zero-order chi connectivity index (χ0) is 7.40. The monoisotopic (exact) mass is 145 g/mol. The van der Waals surface area contributed by atoms with Gasteiger partial charge in [0.05, 0.1) is 13.0 Å². The van der Waals surface area contributed by atoms with E-state index in [2.05, 4.69) is 5.32 Å². The van der Waals surface area contributed by atoms with Crippen LogP contribution < -0.4 is 5.32 Å². The van der Waals surface area contributed by atoms with Gasteiger partial charge < -0.3 is 9.84 Å². The molecule has 1 atom stereocenters. The van der Waals surface area contributed by atoms with Gasteiger partial charge in [0.2, 0.25) is 0 Å². The molecule has 4 heteroatoms. The maximum atomic E-state index is 10.6. The molecular weight excluding hydrogens is 134 g/mol. The maximum Gasteiger partial charge on any atom is 0.309 e. The van der Waals surface area contributed by atoms with E-state index in [1.165, 1.54) is 0 Å². The molecule has 0 spiro atoms. The molecule has 1 rings (SSSR count). The van der Waals surface area contributed by atoms with E-state index in [1.54, 1.807) is 0 Å². The third kappa shape index (κ3) is 1.97. The van der Waals surface area contributed by atoms with Crippen molar-refractivity contribution >= 4 is 5.97 Å². The SMILES string of the molecule is O=C(CCO)OC1CCN1. The average Bonchev–Trinajstić information content (AvgIpc) is 1.80. The Kier molecular flexibility index (Phi) is 2.65. The number of carbonyl (C=O) groups excluding carboxylic acids is 1. The lowest BCUT2D eigenvalue weighted by Gasteiger charge is -2.26. The number of aliphatic hydroxyl groups excluding tert-OH is 1.